The number of methoxy groups -OCH3 is 1. The van der Waals surface area contributed by atoms with Gasteiger partial charge in [-0.3, -0.25) is 0 Å². The Kier molecular flexibility index (Phi) is 3.82. The van der Waals surface area contributed by atoms with Crippen molar-refractivity contribution in [3.63, 3.8) is 0 Å². The maximum Gasteiger partial charge on any atom is 0.138 e. The number of halogens is 3. The Morgan fingerprint density at radius 1 is 0.824 bits per heavy atom. The van der Waals surface area contributed by atoms with E-state index in [-0.39, 0.29) is 0 Å². The number of rotatable bonds is 2. The summed E-state index contributed by atoms with van der Waals surface area (Å²) in [5.41, 5.74) is 1.60. The van der Waals surface area contributed by atoms with Crippen LogP contribution in [-0.2, 0) is 0 Å². The van der Waals surface area contributed by atoms with E-state index in [4.69, 9.17) is 39.5 Å². The molecule has 0 radical (unpaired) electrons. The summed E-state index contributed by atoms with van der Waals surface area (Å²) in [5, 5.41) is 1.52. The Morgan fingerprint density at radius 2 is 1.41 bits per heavy atom. The number of hydrogen-bond donors (Lipinski definition) is 0. The van der Waals surface area contributed by atoms with Gasteiger partial charge in [0.2, 0.25) is 0 Å². The van der Waals surface area contributed by atoms with E-state index >= 15 is 0 Å². The van der Waals surface area contributed by atoms with Crippen LogP contribution < -0.4 is 4.74 Å². The largest absolute Gasteiger partial charge is 0.495 e. The van der Waals surface area contributed by atoms with Crippen molar-refractivity contribution in [1.82, 2.24) is 0 Å². The van der Waals surface area contributed by atoms with Gasteiger partial charge in [0.15, 0.2) is 0 Å². The van der Waals surface area contributed by atoms with Gasteiger partial charge in [-0.05, 0) is 12.1 Å². The fourth-order valence-corrected chi connectivity index (χ4v) is 2.30. The van der Waals surface area contributed by atoms with Crippen LogP contribution in [0.15, 0.2) is 36.4 Å². The van der Waals surface area contributed by atoms with Gasteiger partial charge >= 0.3 is 0 Å². The summed E-state index contributed by atoms with van der Waals surface area (Å²) < 4.78 is 5.17. The Labute approximate surface area is 115 Å². The number of ether oxygens (including phenoxy) is 1. The number of hydrogen-bond acceptors (Lipinski definition) is 1. The summed E-state index contributed by atoms with van der Waals surface area (Å²) in [6.07, 6.45) is 0. The monoisotopic (exact) mass is 286 g/mol. The third kappa shape index (κ3) is 2.37. The van der Waals surface area contributed by atoms with Gasteiger partial charge in [0.1, 0.15) is 5.75 Å². The maximum absolute atomic E-state index is 6.24. The van der Waals surface area contributed by atoms with Gasteiger partial charge in [0.25, 0.3) is 0 Å². The van der Waals surface area contributed by atoms with Crippen molar-refractivity contribution in [3.8, 4) is 16.9 Å². The van der Waals surface area contributed by atoms with E-state index in [2.05, 4.69) is 0 Å². The van der Waals surface area contributed by atoms with Gasteiger partial charge in [0, 0.05) is 11.1 Å². The lowest BCUT2D eigenvalue weighted by Gasteiger charge is -2.10. The smallest absolute Gasteiger partial charge is 0.138 e. The van der Waals surface area contributed by atoms with E-state index in [9.17, 15) is 0 Å². The molecular weight excluding hydrogens is 279 g/mol. The standard InChI is InChI=1S/C13H9Cl3O/c1-17-11-7-3-5-9(13(11)16)8-4-2-6-10(14)12(8)15/h2-7H,1H3. The van der Waals surface area contributed by atoms with Crippen molar-refractivity contribution in [3.05, 3.63) is 51.5 Å². The lowest BCUT2D eigenvalue weighted by molar-refractivity contribution is 0.415. The van der Waals surface area contributed by atoms with Crippen LogP contribution in [0, 0.1) is 0 Å². The average Bonchev–Trinajstić information content (AvgIpc) is 2.33. The van der Waals surface area contributed by atoms with E-state index in [1.165, 1.54) is 0 Å². The van der Waals surface area contributed by atoms with E-state index in [1.54, 1.807) is 19.2 Å². The molecule has 4 heteroatoms. The minimum absolute atomic E-state index is 0.490. The van der Waals surface area contributed by atoms with E-state index in [1.807, 2.05) is 24.3 Å². The highest BCUT2D eigenvalue weighted by molar-refractivity contribution is 6.44. The van der Waals surface area contributed by atoms with Gasteiger partial charge in [-0.25, -0.2) is 0 Å². The Hall–Kier alpha value is -0.890. The predicted molar refractivity (Wildman–Crippen MR) is 73.5 cm³/mol. The molecule has 0 aromatic heterocycles. The van der Waals surface area contributed by atoms with Crippen molar-refractivity contribution in [2.45, 2.75) is 0 Å². The molecule has 0 saturated carbocycles. The second-order valence-electron chi connectivity index (χ2n) is 3.42. The Balaban J connectivity index is 2.65. The van der Waals surface area contributed by atoms with Crippen molar-refractivity contribution >= 4 is 34.8 Å². The highest BCUT2D eigenvalue weighted by atomic mass is 35.5. The van der Waals surface area contributed by atoms with Crippen LogP contribution in [-0.4, -0.2) is 7.11 Å². The molecular formula is C13H9Cl3O. The normalized spacial score (nSPS) is 10.4. The highest BCUT2D eigenvalue weighted by Crippen LogP contribution is 2.40. The Morgan fingerprint density at radius 3 is 2.06 bits per heavy atom. The molecule has 0 bridgehead atoms. The van der Waals surface area contributed by atoms with E-state index in [0.29, 0.717) is 20.8 Å². The van der Waals surface area contributed by atoms with E-state index < -0.39 is 0 Å². The van der Waals surface area contributed by atoms with Gasteiger partial charge in [0.05, 0.1) is 22.2 Å². The molecule has 0 N–H and O–H groups in total. The molecule has 17 heavy (non-hydrogen) atoms. The van der Waals surface area contributed by atoms with Crippen LogP contribution in [0.5, 0.6) is 5.75 Å². The SMILES string of the molecule is COc1cccc(-c2cccc(Cl)c2Cl)c1Cl. The molecule has 2 aromatic carbocycles. The van der Waals surface area contributed by atoms with Crippen LogP contribution in [0.1, 0.15) is 0 Å². The first kappa shape index (κ1) is 12.6. The second kappa shape index (κ2) is 5.18. The quantitative estimate of drug-likeness (QED) is 0.726. The molecule has 0 unspecified atom stereocenters. The number of benzene rings is 2. The molecule has 2 aromatic rings. The summed E-state index contributed by atoms with van der Waals surface area (Å²) in [5.74, 6) is 0.611. The molecule has 2 rings (SSSR count). The molecule has 0 aliphatic carbocycles. The minimum Gasteiger partial charge on any atom is -0.495 e. The highest BCUT2D eigenvalue weighted by Gasteiger charge is 2.12. The van der Waals surface area contributed by atoms with Gasteiger partial charge in [-0.2, -0.15) is 0 Å². The van der Waals surface area contributed by atoms with Crippen LogP contribution in [0.3, 0.4) is 0 Å². The van der Waals surface area contributed by atoms with Crippen LogP contribution >= 0.6 is 34.8 Å². The molecule has 0 spiro atoms. The molecule has 0 atom stereocenters. The minimum atomic E-state index is 0.490. The van der Waals surface area contributed by atoms with Crippen LogP contribution in [0.4, 0.5) is 0 Å². The zero-order valence-corrected chi connectivity index (χ0v) is 11.3. The molecule has 0 fully saturated rings. The van der Waals surface area contributed by atoms with Crippen LogP contribution in [0.25, 0.3) is 11.1 Å². The average molecular weight is 288 g/mol. The van der Waals surface area contributed by atoms with Crippen molar-refractivity contribution in [1.29, 1.82) is 0 Å². The Bertz CT molecular complexity index is 552. The molecule has 88 valence electrons. The summed E-state index contributed by atoms with van der Waals surface area (Å²) in [7, 11) is 1.57. The molecule has 1 nitrogen and oxygen atoms in total. The fourth-order valence-electron chi connectivity index (χ4n) is 1.59. The van der Waals surface area contributed by atoms with Crippen molar-refractivity contribution in [2.75, 3.05) is 7.11 Å². The predicted octanol–water partition coefficient (Wildman–Crippen LogP) is 5.32. The van der Waals surface area contributed by atoms with E-state index in [0.717, 1.165) is 11.1 Å². The fraction of sp³-hybridized carbons (Fsp3) is 0.0769. The zero-order chi connectivity index (χ0) is 12.4. The summed E-state index contributed by atoms with van der Waals surface area (Å²) in [4.78, 5) is 0. The van der Waals surface area contributed by atoms with Gasteiger partial charge in [-0.1, -0.05) is 59.1 Å². The molecule has 0 aliphatic heterocycles. The zero-order valence-electron chi connectivity index (χ0n) is 9.01. The molecule has 0 saturated heterocycles. The molecule has 0 amide bonds. The second-order valence-corrected chi connectivity index (χ2v) is 4.59. The van der Waals surface area contributed by atoms with Crippen LogP contribution in [0.2, 0.25) is 15.1 Å². The molecule has 0 aliphatic rings. The van der Waals surface area contributed by atoms with Gasteiger partial charge in [-0.15, -0.1) is 0 Å². The first-order valence-corrected chi connectivity index (χ1v) is 6.05. The third-order valence-corrected chi connectivity index (χ3v) is 3.63. The first-order valence-electron chi connectivity index (χ1n) is 4.92. The summed E-state index contributed by atoms with van der Waals surface area (Å²) >= 11 is 18.4. The summed E-state index contributed by atoms with van der Waals surface area (Å²) in [6.45, 7) is 0. The van der Waals surface area contributed by atoms with Crippen molar-refractivity contribution < 1.29 is 4.74 Å². The maximum atomic E-state index is 6.24. The topological polar surface area (TPSA) is 9.23 Å². The first-order chi connectivity index (χ1) is 8.15. The third-order valence-electron chi connectivity index (χ3n) is 2.42. The molecule has 0 heterocycles. The van der Waals surface area contributed by atoms with Gasteiger partial charge < -0.3 is 4.74 Å². The summed E-state index contributed by atoms with van der Waals surface area (Å²) in [6, 6.07) is 11.0. The van der Waals surface area contributed by atoms with Crippen molar-refractivity contribution in [2.24, 2.45) is 0 Å². The lowest BCUT2D eigenvalue weighted by atomic mass is 10.1. The lowest BCUT2D eigenvalue weighted by Crippen LogP contribution is -1.87.